The van der Waals surface area contributed by atoms with Crippen LogP contribution in [0.25, 0.3) is 0 Å². The first-order valence-corrected chi connectivity index (χ1v) is 9.50. The summed E-state index contributed by atoms with van der Waals surface area (Å²) >= 11 is 7.15. The first-order valence-electron chi connectivity index (χ1n) is 7.92. The molecule has 1 aliphatic heterocycles. The van der Waals surface area contributed by atoms with Crippen molar-refractivity contribution in [2.24, 2.45) is 17.6 Å². The monoisotopic (exact) mass is 416 g/mol. The molecule has 0 aliphatic carbocycles. The molecule has 0 radical (unpaired) electrons. The molecule has 1 heterocycles. The van der Waals surface area contributed by atoms with Gasteiger partial charge in [0.2, 0.25) is 0 Å². The first-order chi connectivity index (χ1) is 10.0. The molecule has 2 nitrogen and oxygen atoms in total. The molecule has 0 aromatic heterocycles. The van der Waals surface area contributed by atoms with Crippen molar-refractivity contribution in [3.05, 3.63) is 32.7 Å². The third-order valence-corrected chi connectivity index (χ3v) is 6.62. The topological polar surface area (TPSA) is 29.3 Å². The fraction of sp³-hybridized carbons (Fsp3) is 0.647. The van der Waals surface area contributed by atoms with Crippen molar-refractivity contribution < 1.29 is 0 Å². The molecule has 0 spiro atoms. The Labute approximate surface area is 145 Å². The van der Waals surface area contributed by atoms with Gasteiger partial charge in [0.1, 0.15) is 0 Å². The fourth-order valence-corrected chi connectivity index (χ4v) is 3.98. The number of hydrogen-bond acceptors (Lipinski definition) is 2. The van der Waals surface area contributed by atoms with Crippen molar-refractivity contribution in [1.29, 1.82) is 0 Å². The number of rotatable bonds is 4. The summed E-state index contributed by atoms with van der Waals surface area (Å²) in [5.74, 6) is 1.66. The van der Waals surface area contributed by atoms with E-state index < -0.39 is 0 Å². The van der Waals surface area contributed by atoms with Gasteiger partial charge in [-0.3, -0.25) is 4.90 Å². The fourth-order valence-electron chi connectivity index (χ4n) is 3.34. The van der Waals surface area contributed by atoms with E-state index in [1.54, 1.807) is 0 Å². The minimum Gasteiger partial charge on any atom is -0.329 e. The molecule has 0 saturated carbocycles. The molecule has 1 saturated heterocycles. The van der Waals surface area contributed by atoms with Gasteiger partial charge in [-0.15, -0.1) is 0 Å². The molecular formula is C17H26Br2N2. The zero-order chi connectivity index (χ0) is 15.4. The van der Waals surface area contributed by atoms with Crippen molar-refractivity contribution in [2.45, 2.75) is 39.2 Å². The van der Waals surface area contributed by atoms with Crippen LogP contribution in [0, 0.1) is 11.8 Å². The van der Waals surface area contributed by atoms with E-state index in [0.717, 1.165) is 20.8 Å². The van der Waals surface area contributed by atoms with Crippen molar-refractivity contribution in [3.8, 4) is 0 Å². The molecule has 2 atom stereocenters. The van der Waals surface area contributed by atoms with Crippen LogP contribution in [0.4, 0.5) is 0 Å². The normalized spacial score (nSPS) is 22.3. The lowest BCUT2D eigenvalue weighted by atomic mass is 9.89. The Bertz CT molecular complexity index is 462. The van der Waals surface area contributed by atoms with Gasteiger partial charge < -0.3 is 5.73 Å². The SMILES string of the molecule is CC(C)C1CCCN(C(CN)c2ccc(Br)c(Br)c2)CC1. The van der Waals surface area contributed by atoms with Crippen molar-refractivity contribution in [1.82, 2.24) is 4.90 Å². The zero-order valence-corrected chi connectivity index (χ0v) is 16.2. The Kier molecular flexibility index (Phi) is 6.73. The summed E-state index contributed by atoms with van der Waals surface area (Å²) < 4.78 is 2.20. The van der Waals surface area contributed by atoms with Crippen LogP contribution in [0.1, 0.15) is 44.7 Å². The maximum absolute atomic E-state index is 6.10. The van der Waals surface area contributed by atoms with Crippen molar-refractivity contribution >= 4 is 31.9 Å². The number of hydrogen-bond donors (Lipinski definition) is 1. The Morgan fingerprint density at radius 2 is 1.95 bits per heavy atom. The minimum absolute atomic E-state index is 0.334. The van der Waals surface area contributed by atoms with E-state index in [0.29, 0.717) is 12.6 Å². The summed E-state index contributed by atoms with van der Waals surface area (Å²) in [5.41, 5.74) is 7.42. The predicted molar refractivity (Wildman–Crippen MR) is 97.4 cm³/mol. The van der Waals surface area contributed by atoms with Gasteiger partial charge in [0, 0.05) is 21.5 Å². The molecule has 2 rings (SSSR count). The zero-order valence-electron chi connectivity index (χ0n) is 13.0. The second-order valence-electron chi connectivity index (χ2n) is 6.40. The number of nitrogens with two attached hydrogens (primary N) is 1. The summed E-state index contributed by atoms with van der Waals surface area (Å²) in [4.78, 5) is 2.58. The lowest BCUT2D eigenvalue weighted by Crippen LogP contribution is -2.34. The summed E-state index contributed by atoms with van der Waals surface area (Å²) in [6.45, 7) is 7.72. The molecule has 1 aromatic carbocycles. The standard InChI is InChI=1S/C17H26Br2N2/c1-12(2)13-4-3-8-21(9-7-13)17(11-20)14-5-6-15(18)16(19)10-14/h5-6,10,12-13,17H,3-4,7-9,11,20H2,1-2H3. The molecule has 0 bridgehead atoms. The Balaban J connectivity index is 2.11. The third-order valence-electron chi connectivity index (χ3n) is 4.74. The summed E-state index contributed by atoms with van der Waals surface area (Å²) in [6.07, 6.45) is 3.94. The van der Waals surface area contributed by atoms with E-state index in [1.165, 1.54) is 37.9 Å². The molecule has 4 heteroatoms. The number of halogens is 2. The molecular weight excluding hydrogens is 392 g/mol. The highest BCUT2D eigenvalue weighted by Gasteiger charge is 2.25. The van der Waals surface area contributed by atoms with Crippen LogP contribution in [0.15, 0.2) is 27.1 Å². The van der Waals surface area contributed by atoms with Crippen LogP contribution in [0.2, 0.25) is 0 Å². The maximum atomic E-state index is 6.10. The van der Waals surface area contributed by atoms with Gasteiger partial charge in [-0.1, -0.05) is 19.9 Å². The molecule has 2 N–H and O–H groups in total. The smallest absolute Gasteiger partial charge is 0.0470 e. The Morgan fingerprint density at radius 3 is 2.57 bits per heavy atom. The van der Waals surface area contributed by atoms with Crippen LogP contribution >= 0.6 is 31.9 Å². The van der Waals surface area contributed by atoms with Crippen LogP contribution in [-0.4, -0.2) is 24.5 Å². The highest BCUT2D eigenvalue weighted by atomic mass is 79.9. The summed E-state index contributed by atoms with van der Waals surface area (Å²) in [5, 5.41) is 0. The second kappa shape index (κ2) is 8.09. The highest BCUT2D eigenvalue weighted by Crippen LogP contribution is 2.31. The molecule has 0 amide bonds. The molecule has 118 valence electrons. The number of benzene rings is 1. The van der Waals surface area contributed by atoms with Gasteiger partial charge in [-0.05, 0) is 93.7 Å². The van der Waals surface area contributed by atoms with Gasteiger partial charge in [0.05, 0.1) is 0 Å². The number of nitrogens with zero attached hydrogens (tertiary/aromatic N) is 1. The summed E-state index contributed by atoms with van der Waals surface area (Å²) in [6, 6.07) is 6.83. The van der Waals surface area contributed by atoms with E-state index in [9.17, 15) is 0 Å². The predicted octanol–water partition coefficient (Wildman–Crippen LogP) is 4.97. The van der Waals surface area contributed by atoms with Gasteiger partial charge in [-0.2, -0.15) is 0 Å². The van der Waals surface area contributed by atoms with Crippen molar-refractivity contribution in [2.75, 3.05) is 19.6 Å². The van der Waals surface area contributed by atoms with Crippen LogP contribution in [0.3, 0.4) is 0 Å². The molecule has 21 heavy (non-hydrogen) atoms. The Hall–Kier alpha value is 0.1000. The first kappa shape index (κ1) is 17.5. The average Bonchev–Trinajstić information content (AvgIpc) is 2.70. The van der Waals surface area contributed by atoms with Crippen LogP contribution in [-0.2, 0) is 0 Å². The molecule has 1 fully saturated rings. The largest absolute Gasteiger partial charge is 0.329 e. The minimum atomic E-state index is 0.334. The lowest BCUT2D eigenvalue weighted by Gasteiger charge is -2.30. The lowest BCUT2D eigenvalue weighted by molar-refractivity contribution is 0.204. The van der Waals surface area contributed by atoms with Crippen LogP contribution in [0.5, 0.6) is 0 Å². The molecule has 2 unspecified atom stereocenters. The van der Waals surface area contributed by atoms with Crippen molar-refractivity contribution in [3.63, 3.8) is 0 Å². The molecule has 1 aromatic rings. The molecule has 1 aliphatic rings. The number of likely N-dealkylation sites (tertiary alicyclic amines) is 1. The quantitative estimate of drug-likeness (QED) is 0.749. The highest BCUT2D eigenvalue weighted by molar-refractivity contribution is 9.13. The maximum Gasteiger partial charge on any atom is 0.0470 e. The van der Waals surface area contributed by atoms with Gasteiger partial charge in [0.15, 0.2) is 0 Å². The van der Waals surface area contributed by atoms with Gasteiger partial charge in [0.25, 0.3) is 0 Å². The average molecular weight is 418 g/mol. The van der Waals surface area contributed by atoms with Crippen LogP contribution < -0.4 is 5.73 Å². The van der Waals surface area contributed by atoms with E-state index in [4.69, 9.17) is 5.73 Å². The van der Waals surface area contributed by atoms with E-state index in [2.05, 4.69) is 68.8 Å². The second-order valence-corrected chi connectivity index (χ2v) is 8.10. The van der Waals surface area contributed by atoms with Gasteiger partial charge >= 0.3 is 0 Å². The van der Waals surface area contributed by atoms with E-state index in [1.807, 2.05) is 0 Å². The Morgan fingerprint density at radius 1 is 1.19 bits per heavy atom. The third kappa shape index (κ3) is 4.54. The van der Waals surface area contributed by atoms with E-state index >= 15 is 0 Å². The van der Waals surface area contributed by atoms with Gasteiger partial charge in [-0.25, -0.2) is 0 Å². The van der Waals surface area contributed by atoms with E-state index in [-0.39, 0.29) is 0 Å². The summed E-state index contributed by atoms with van der Waals surface area (Å²) in [7, 11) is 0.